The quantitative estimate of drug-likeness (QED) is 0.208. The van der Waals surface area contributed by atoms with E-state index in [1.807, 2.05) is 53.1 Å². The van der Waals surface area contributed by atoms with Gasteiger partial charge in [0.1, 0.15) is 5.82 Å². The number of nitrogens with zero attached hydrogens (tertiary/aromatic N) is 2. The molecule has 8 aromatic rings. The van der Waals surface area contributed by atoms with Crippen LogP contribution in [0.3, 0.4) is 0 Å². The van der Waals surface area contributed by atoms with E-state index in [2.05, 4.69) is 78.9 Å². The molecule has 0 aliphatic heterocycles. The van der Waals surface area contributed by atoms with Gasteiger partial charge in [0.25, 0.3) is 0 Å². The topological polar surface area (TPSA) is 17.8 Å². The van der Waals surface area contributed by atoms with E-state index in [9.17, 15) is 0 Å². The molecule has 0 atom stereocenters. The minimum atomic E-state index is -0.432. The van der Waals surface area contributed by atoms with E-state index in [4.69, 9.17) is 11.8 Å². The number of aromatic nitrogens is 2. The number of para-hydroxylation sites is 3. The molecule has 0 fully saturated rings. The van der Waals surface area contributed by atoms with Crippen LogP contribution < -0.4 is 0 Å². The summed E-state index contributed by atoms with van der Waals surface area (Å²) in [6, 6.07) is 41.3. The summed E-state index contributed by atoms with van der Waals surface area (Å²) < 4.78 is 44.6. The summed E-state index contributed by atoms with van der Waals surface area (Å²) in [6.07, 6.45) is 0. The Labute approximate surface area is 245 Å². The Bertz CT molecular complexity index is 2400. The summed E-state index contributed by atoms with van der Waals surface area (Å²) in [6.45, 7) is 0. The second-order valence-electron chi connectivity index (χ2n) is 9.98. The Morgan fingerprint density at radius 1 is 0.488 bits per heavy atom. The van der Waals surface area contributed by atoms with E-state index in [1.54, 1.807) is 0 Å². The lowest BCUT2D eigenvalue weighted by Gasteiger charge is -2.20. The van der Waals surface area contributed by atoms with E-state index in [0.29, 0.717) is 11.3 Å². The molecule has 0 N–H and O–H groups in total. The molecule has 0 aliphatic carbocycles. The largest absolute Gasteiger partial charge is 0.292 e. The first kappa shape index (κ1) is 18.8. The fourth-order valence-corrected chi connectivity index (χ4v) is 6.01. The van der Waals surface area contributed by atoms with Crippen LogP contribution in [0.25, 0.3) is 71.9 Å². The molecule has 0 spiro atoms. The molecule has 7 aromatic carbocycles. The first-order valence-electron chi connectivity index (χ1n) is 16.1. The lowest BCUT2D eigenvalue weighted by atomic mass is 9.85. The average Bonchev–Trinajstić information content (AvgIpc) is 3.48. The number of hydrogen-bond donors (Lipinski definition) is 0. The second-order valence-corrected chi connectivity index (χ2v) is 9.98. The Morgan fingerprint density at radius 2 is 1.05 bits per heavy atom. The second kappa shape index (κ2) is 9.62. The highest BCUT2D eigenvalue weighted by Crippen LogP contribution is 2.45. The fraction of sp³-hybridized carbons (Fsp3) is 0. The number of benzene rings is 7. The zero-order chi connectivity index (χ0) is 31.5. The van der Waals surface area contributed by atoms with Gasteiger partial charge in [0.2, 0.25) is 0 Å². The van der Waals surface area contributed by atoms with E-state index < -0.39 is 18.1 Å². The van der Waals surface area contributed by atoms with Gasteiger partial charge in [-0.05, 0) is 56.4 Å². The Morgan fingerprint density at radius 3 is 1.76 bits per heavy atom. The molecular weight excluding hydrogens is 496 g/mol. The van der Waals surface area contributed by atoms with Crippen LogP contribution in [0, 0.1) is 0 Å². The number of hydrogen-bond acceptors (Lipinski definition) is 1. The van der Waals surface area contributed by atoms with Crippen LogP contribution in [-0.4, -0.2) is 9.55 Å². The molecule has 2 heteroatoms. The minimum absolute atomic E-state index is 0.0612. The Balaban J connectivity index is 1.52. The predicted octanol–water partition coefficient (Wildman–Crippen LogP) is 10.3. The standard InChI is InChI=1S/C39H26N2/c1-3-15-27(16-4-1)37-29-19-7-9-21-31(29)38(32-22-10-8-20-30(32)37)33-23-11-13-25-35(33)41-36-26-14-12-24-34(36)40-39(41)28-17-5-2-6-18-28/h1-26H/i2D,5D,6D,17D,18D. The van der Waals surface area contributed by atoms with Crippen molar-refractivity contribution in [3.8, 4) is 39.3 Å². The maximum Gasteiger partial charge on any atom is 0.145 e. The summed E-state index contributed by atoms with van der Waals surface area (Å²) >= 11 is 0. The maximum atomic E-state index is 8.82. The van der Waals surface area contributed by atoms with Gasteiger partial charge in [0.15, 0.2) is 0 Å². The lowest BCUT2D eigenvalue weighted by Crippen LogP contribution is -2.01. The van der Waals surface area contributed by atoms with Crippen molar-refractivity contribution in [2.45, 2.75) is 0 Å². The van der Waals surface area contributed by atoms with Crippen LogP contribution >= 0.6 is 0 Å². The van der Waals surface area contributed by atoms with Crippen LogP contribution in [-0.2, 0) is 0 Å². The monoisotopic (exact) mass is 527 g/mol. The number of fused-ring (bicyclic) bond motifs is 3. The van der Waals surface area contributed by atoms with Crippen molar-refractivity contribution in [2.75, 3.05) is 0 Å². The third kappa shape index (κ3) is 3.76. The highest BCUT2D eigenvalue weighted by molar-refractivity contribution is 6.22. The van der Waals surface area contributed by atoms with Gasteiger partial charge in [-0.2, -0.15) is 0 Å². The van der Waals surface area contributed by atoms with Crippen molar-refractivity contribution in [3.63, 3.8) is 0 Å². The van der Waals surface area contributed by atoms with E-state index >= 15 is 0 Å². The third-order valence-electron chi connectivity index (χ3n) is 7.69. The van der Waals surface area contributed by atoms with E-state index in [-0.39, 0.29) is 17.6 Å². The highest BCUT2D eigenvalue weighted by atomic mass is 15.1. The zero-order valence-corrected chi connectivity index (χ0v) is 22.0. The van der Waals surface area contributed by atoms with E-state index in [1.165, 1.54) is 5.56 Å². The average molecular weight is 528 g/mol. The number of rotatable bonds is 4. The number of imidazole rings is 1. The SMILES string of the molecule is [2H]c1c([2H])c([2H])c(-c2nc3ccccc3n2-c2ccccc2-c2c3ccccc3c(-c3ccccc3)c3ccccc23)c([2H])c1[2H]. The van der Waals surface area contributed by atoms with Crippen LogP contribution in [0.2, 0.25) is 0 Å². The molecule has 41 heavy (non-hydrogen) atoms. The third-order valence-corrected chi connectivity index (χ3v) is 7.69. The van der Waals surface area contributed by atoms with Crippen molar-refractivity contribution < 1.29 is 6.85 Å². The molecular formula is C39H26N2. The van der Waals surface area contributed by atoms with Gasteiger partial charge >= 0.3 is 0 Å². The smallest absolute Gasteiger partial charge is 0.145 e. The van der Waals surface area contributed by atoms with Crippen LogP contribution in [0.1, 0.15) is 6.85 Å². The summed E-state index contributed by atoms with van der Waals surface area (Å²) in [7, 11) is 0. The van der Waals surface area contributed by atoms with Crippen LogP contribution in [0.15, 0.2) is 158 Å². The summed E-state index contributed by atoms with van der Waals surface area (Å²) in [5.74, 6) is 0.292. The summed E-state index contributed by atoms with van der Waals surface area (Å²) in [4.78, 5) is 4.90. The Kier molecular flexibility index (Phi) is 4.40. The molecule has 1 aromatic heterocycles. The van der Waals surface area contributed by atoms with Gasteiger partial charge in [-0.15, -0.1) is 0 Å². The summed E-state index contributed by atoms with van der Waals surface area (Å²) in [5.41, 5.74) is 6.57. The first-order valence-corrected chi connectivity index (χ1v) is 13.6. The van der Waals surface area contributed by atoms with E-state index in [0.717, 1.165) is 49.4 Å². The van der Waals surface area contributed by atoms with Gasteiger partial charge in [0.05, 0.1) is 23.6 Å². The van der Waals surface area contributed by atoms with Gasteiger partial charge in [0, 0.05) is 11.1 Å². The van der Waals surface area contributed by atoms with Crippen LogP contribution in [0.5, 0.6) is 0 Å². The van der Waals surface area contributed by atoms with Gasteiger partial charge < -0.3 is 0 Å². The molecule has 0 aliphatic rings. The van der Waals surface area contributed by atoms with Crippen molar-refractivity contribution in [1.29, 1.82) is 0 Å². The van der Waals surface area contributed by atoms with Gasteiger partial charge in [-0.25, -0.2) is 4.98 Å². The maximum absolute atomic E-state index is 8.82. The van der Waals surface area contributed by atoms with Crippen molar-refractivity contribution in [2.24, 2.45) is 0 Å². The zero-order valence-electron chi connectivity index (χ0n) is 27.0. The van der Waals surface area contributed by atoms with Crippen molar-refractivity contribution >= 4 is 32.6 Å². The molecule has 0 bridgehead atoms. The highest BCUT2D eigenvalue weighted by Gasteiger charge is 2.21. The molecule has 192 valence electrons. The minimum Gasteiger partial charge on any atom is -0.292 e. The molecule has 8 rings (SSSR count). The molecule has 2 nitrogen and oxygen atoms in total. The van der Waals surface area contributed by atoms with Gasteiger partial charge in [-0.3, -0.25) is 4.57 Å². The molecule has 1 heterocycles. The molecule has 0 saturated carbocycles. The van der Waals surface area contributed by atoms with Crippen molar-refractivity contribution in [3.05, 3.63) is 158 Å². The Hall–Kier alpha value is -5.47. The molecule has 0 radical (unpaired) electrons. The first-order chi connectivity index (χ1) is 22.5. The molecule has 0 unspecified atom stereocenters. The molecule has 0 saturated heterocycles. The van der Waals surface area contributed by atoms with Crippen LogP contribution in [0.4, 0.5) is 0 Å². The van der Waals surface area contributed by atoms with Gasteiger partial charge in [-0.1, -0.05) is 139 Å². The normalized spacial score (nSPS) is 13.1. The predicted molar refractivity (Wildman–Crippen MR) is 172 cm³/mol. The fourth-order valence-electron chi connectivity index (χ4n) is 6.01. The lowest BCUT2D eigenvalue weighted by molar-refractivity contribution is 1.10. The van der Waals surface area contributed by atoms with Crippen molar-refractivity contribution in [1.82, 2.24) is 9.55 Å². The summed E-state index contributed by atoms with van der Waals surface area (Å²) in [5, 5.41) is 4.42. The molecule has 0 amide bonds.